The summed E-state index contributed by atoms with van der Waals surface area (Å²) in [6, 6.07) is 8.21. The number of hydrogen-bond acceptors (Lipinski definition) is 8. The van der Waals surface area contributed by atoms with Crippen LogP contribution in [0.25, 0.3) is 21.1 Å². The van der Waals surface area contributed by atoms with Crippen molar-refractivity contribution < 1.29 is 19.7 Å². The summed E-state index contributed by atoms with van der Waals surface area (Å²) in [6.45, 7) is 9.81. The van der Waals surface area contributed by atoms with Gasteiger partial charge in [0.05, 0.1) is 0 Å². The normalized spacial score (nSPS) is 12.1. The van der Waals surface area contributed by atoms with Crippen molar-refractivity contribution in [1.29, 1.82) is 0 Å². The van der Waals surface area contributed by atoms with Crippen LogP contribution in [-0.2, 0) is 17.6 Å². The molecule has 35 heavy (non-hydrogen) atoms. The highest BCUT2D eigenvalue weighted by atomic mass is 32.1. The number of pyridine rings is 1. The first-order valence-electron chi connectivity index (χ1n) is 11.8. The van der Waals surface area contributed by atoms with Crippen LogP contribution in [0.3, 0.4) is 0 Å². The largest absolute Gasteiger partial charge is 0.490 e. The van der Waals surface area contributed by atoms with Gasteiger partial charge in [0, 0.05) is 29.1 Å². The minimum Gasteiger partial charge on any atom is -0.490 e. The second kappa shape index (κ2) is 12.2. The first-order valence-corrected chi connectivity index (χ1v) is 12.7. The lowest BCUT2D eigenvalue weighted by Crippen LogP contribution is -2.36. The van der Waals surface area contributed by atoms with E-state index in [-0.39, 0.29) is 13.2 Å². The summed E-state index contributed by atoms with van der Waals surface area (Å²) in [5, 5.41) is 31.9. The van der Waals surface area contributed by atoms with E-state index in [4.69, 9.17) is 9.84 Å². The second-order valence-electron chi connectivity index (χ2n) is 9.06. The number of rotatable bonds is 11. The third-order valence-corrected chi connectivity index (χ3v) is 6.40. The van der Waals surface area contributed by atoms with Gasteiger partial charge in [-0.3, -0.25) is 9.78 Å². The molecule has 1 amide bonds. The molecule has 2 aromatic heterocycles. The number of ether oxygens (including phenoxy) is 1. The summed E-state index contributed by atoms with van der Waals surface area (Å²) in [5.74, 6) is 0.712. The van der Waals surface area contributed by atoms with Gasteiger partial charge in [0.15, 0.2) is 0 Å². The maximum Gasteiger partial charge on any atom is 0.245 e. The molecule has 2 heterocycles. The van der Waals surface area contributed by atoms with Gasteiger partial charge in [-0.2, -0.15) is 0 Å². The summed E-state index contributed by atoms with van der Waals surface area (Å²) in [7, 11) is 0. The molecule has 0 spiro atoms. The molecule has 3 N–H and O–H groups in total. The molecule has 1 aromatic carbocycles. The number of aliphatic hydroxyl groups is 2. The highest BCUT2D eigenvalue weighted by molar-refractivity contribution is 7.17. The van der Waals surface area contributed by atoms with Gasteiger partial charge >= 0.3 is 0 Å². The molecule has 0 saturated carbocycles. The Morgan fingerprint density at radius 3 is 2.43 bits per heavy atom. The maximum atomic E-state index is 11.2. The topological polar surface area (TPSA) is 117 Å². The number of carbonyl (C=O) groups excluding carboxylic acids is 1. The zero-order chi connectivity index (χ0) is 25.5. The Labute approximate surface area is 210 Å². The quantitative estimate of drug-likeness (QED) is 0.370. The van der Waals surface area contributed by atoms with Crippen LogP contribution in [0.15, 0.2) is 24.3 Å². The average Bonchev–Trinajstić information content (AvgIpc) is 3.31. The molecule has 188 valence electrons. The summed E-state index contributed by atoms with van der Waals surface area (Å²) >= 11 is 1.55. The molecular weight excluding hydrogens is 464 g/mol. The Morgan fingerprint density at radius 2 is 1.80 bits per heavy atom. The van der Waals surface area contributed by atoms with E-state index in [1.165, 1.54) is 0 Å². The predicted molar refractivity (Wildman–Crippen MR) is 138 cm³/mol. The number of benzene rings is 1. The molecule has 0 radical (unpaired) electrons. The van der Waals surface area contributed by atoms with Crippen LogP contribution >= 0.6 is 11.3 Å². The molecule has 1 atom stereocenters. The highest BCUT2D eigenvalue weighted by Gasteiger charge is 2.16. The van der Waals surface area contributed by atoms with Gasteiger partial charge in [0.25, 0.3) is 0 Å². The number of carbonyl (C=O) groups is 1. The van der Waals surface area contributed by atoms with Crippen LogP contribution in [0.5, 0.6) is 5.75 Å². The van der Waals surface area contributed by atoms with Crippen LogP contribution in [-0.4, -0.2) is 57.2 Å². The minimum absolute atomic E-state index is 0.0128. The van der Waals surface area contributed by atoms with Crippen molar-refractivity contribution in [3.8, 4) is 26.9 Å². The number of aliphatic hydroxyl groups excluding tert-OH is 2. The van der Waals surface area contributed by atoms with E-state index in [2.05, 4.69) is 46.5 Å². The predicted octanol–water partition coefficient (Wildman–Crippen LogP) is 3.49. The Bertz CT molecular complexity index is 1160. The van der Waals surface area contributed by atoms with E-state index < -0.39 is 18.6 Å². The van der Waals surface area contributed by atoms with E-state index in [1.807, 2.05) is 32.9 Å². The second-order valence-corrected chi connectivity index (χ2v) is 10.0. The Hall–Kier alpha value is -2.88. The Morgan fingerprint density at radius 1 is 1.11 bits per heavy atom. The zero-order valence-electron chi connectivity index (χ0n) is 21.0. The monoisotopic (exact) mass is 498 g/mol. The molecule has 8 nitrogen and oxygen atoms in total. The highest BCUT2D eigenvalue weighted by Crippen LogP contribution is 2.35. The molecule has 0 bridgehead atoms. The van der Waals surface area contributed by atoms with Gasteiger partial charge in [-0.25, -0.2) is 0 Å². The Kier molecular flexibility index (Phi) is 9.31. The average molecular weight is 499 g/mol. The number of nitrogens with zero attached hydrogens (tertiary/aromatic N) is 3. The first kappa shape index (κ1) is 26.7. The molecule has 0 aliphatic heterocycles. The lowest BCUT2D eigenvalue weighted by molar-refractivity contribution is -0.124. The Balaban J connectivity index is 1.79. The van der Waals surface area contributed by atoms with Crippen LogP contribution in [0.4, 0.5) is 0 Å². The van der Waals surface area contributed by atoms with Crippen molar-refractivity contribution in [3.63, 3.8) is 0 Å². The molecular formula is C26H34N4O4S. The van der Waals surface area contributed by atoms with Gasteiger partial charge < -0.3 is 20.3 Å². The number of aromatic nitrogens is 3. The van der Waals surface area contributed by atoms with Gasteiger partial charge in [0.1, 0.15) is 35.1 Å². The summed E-state index contributed by atoms with van der Waals surface area (Å²) < 4.78 is 5.91. The summed E-state index contributed by atoms with van der Waals surface area (Å²) in [6.07, 6.45) is 0.780. The van der Waals surface area contributed by atoms with Crippen LogP contribution in [0.1, 0.15) is 43.3 Å². The number of nitrogens with one attached hydrogen (secondary N) is 1. The molecule has 0 fully saturated rings. The van der Waals surface area contributed by atoms with Crippen molar-refractivity contribution in [2.24, 2.45) is 5.92 Å². The lowest BCUT2D eigenvalue weighted by atomic mass is 10.0. The molecule has 0 aliphatic rings. The third-order valence-electron chi connectivity index (χ3n) is 5.37. The molecule has 0 saturated heterocycles. The van der Waals surface area contributed by atoms with Crippen molar-refractivity contribution in [3.05, 3.63) is 46.8 Å². The van der Waals surface area contributed by atoms with Gasteiger partial charge in [0.2, 0.25) is 5.91 Å². The fraction of sp³-hybridized carbons (Fsp3) is 0.462. The van der Waals surface area contributed by atoms with E-state index in [9.17, 15) is 9.90 Å². The van der Waals surface area contributed by atoms with Crippen molar-refractivity contribution in [1.82, 2.24) is 20.5 Å². The fourth-order valence-corrected chi connectivity index (χ4v) is 4.62. The van der Waals surface area contributed by atoms with Crippen LogP contribution in [0, 0.1) is 19.8 Å². The molecule has 3 rings (SSSR count). The lowest BCUT2D eigenvalue weighted by Gasteiger charge is -2.17. The zero-order valence-corrected chi connectivity index (χ0v) is 21.8. The van der Waals surface area contributed by atoms with Gasteiger partial charge in [-0.05, 0) is 68.0 Å². The SMILES string of the molecule is CCc1cc(-c2nnc(-c3cc(C)nc(CC(C)C)c3)s2)cc(C)c1OC[C@@H](O)CNC(=O)CO. The standard InChI is InChI=1S/C26H34N4O4S/c1-6-18-10-19(8-16(4)24(18)34-14-22(32)12-27-23(33)13-31)25-29-30-26(35-25)20-9-17(5)28-21(11-20)7-15(2)3/h8-11,15,22,31-32H,6-7,12-14H2,1-5H3,(H,27,33)/t22-/m0/s1. The smallest absolute Gasteiger partial charge is 0.245 e. The van der Waals surface area contributed by atoms with Crippen molar-refractivity contribution in [2.45, 2.75) is 53.6 Å². The number of aryl methyl sites for hydroxylation is 3. The molecule has 0 unspecified atom stereocenters. The van der Waals surface area contributed by atoms with Crippen LogP contribution in [0.2, 0.25) is 0 Å². The van der Waals surface area contributed by atoms with Crippen molar-refractivity contribution in [2.75, 3.05) is 19.8 Å². The van der Waals surface area contributed by atoms with Gasteiger partial charge in [-0.15, -0.1) is 10.2 Å². The van der Waals surface area contributed by atoms with E-state index >= 15 is 0 Å². The van der Waals surface area contributed by atoms with E-state index in [0.29, 0.717) is 5.92 Å². The molecule has 9 heteroatoms. The number of hydrogen-bond donors (Lipinski definition) is 3. The fourth-order valence-electron chi connectivity index (χ4n) is 3.81. The van der Waals surface area contributed by atoms with E-state index in [0.717, 1.165) is 62.2 Å². The summed E-state index contributed by atoms with van der Waals surface area (Å²) in [5.41, 5.74) is 5.98. The molecule has 0 aliphatic carbocycles. The van der Waals surface area contributed by atoms with Crippen LogP contribution < -0.4 is 10.1 Å². The third kappa shape index (κ3) is 7.30. The van der Waals surface area contributed by atoms with Crippen molar-refractivity contribution >= 4 is 17.2 Å². The number of amides is 1. The van der Waals surface area contributed by atoms with Gasteiger partial charge in [-0.1, -0.05) is 32.1 Å². The summed E-state index contributed by atoms with van der Waals surface area (Å²) in [4.78, 5) is 15.8. The molecule has 3 aromatic rings. The maximum absolute atomic E-state index is 11.2. The first-order chi connectivity index (χ1) is 16.7. The minimum atomic E-state index is -0.885. The van der Waals surface area contributed by atoms with E-state index in [1.54, 1.807) is 11.3 Å².